The molecule has 66 valence electrons. The summed E-state index contributed by atoms with van der Waals surface area (Å²) in [6.45, 7) is 2.00. The first-order valence-electron chi connectivity index (χ1n) is 4.09. The average molecular weight is 167 g/mol. The molecular weight excluding hydrogens is 154 g/mol. The van der Waals surface area contributed by atoms with Gasteiger partial charge in [-0.25, -0.2) is 0 Å². The van der Waals surface area contributed by atoms with E-state index in [0.29, 0.717) is 12.2 Å². The fraction of sp³-hybridized carbons (Fsp3) is 0.444. The Bertz CT molecular complexity index is 241. The number of hydrogen-bond donors (Lipinski definition) is 1. The highest BCUT2D eigenvalue weighted by Crippen LogP contribution is 2.06. The molecule has 1 atom stereocenters. The van der Waals surface area contributed by atoms with E-state index in [2.05, 4.69) is 0 Å². The minimum atomic E-state index is -0.416. The van der Waals surface area contributed by atoms with Gasteiger partial charge in [-0.3, -0.25) is 4.79 Å². The summed E-state index contributed by atoms with van der Waals surface area (Å²) in [6.07, 6.45) is 3.10. The van der Waals surface area contributed by atoms with Gasteiger partial charge in [-0.2, -0.15) is 0 Å². The third-order valence-electron chi connectivity index (χ3n) is 1.70. The van der Waals surface area contributed by atoms with E-state index in [4.69, 9.17) is 10.2 Å². The second-order valence-corrected chi connectivity index (χ2v) is 2.74. The fourth-order valence-electron chi connectivity index (χ4n) is 1.04. The number of nitrogens with two attached hydrogens (primary N) is 1. The monoisotopic (exact) mass is 167 g/mol. The molecule has 0 amide bonds. The van der Waals surface area contributed by atoms with Crippen molar-refractivity contribution >= 4 is 5.78 Å². The molecule has 0 aliphatic carbocycles. The van der Waals surface area contributed by atoms with Gasteiger partial charge >= 0.3 is 0 Å². The van der Waals surface area contributed by atoms with Crippen molar-refractivity contribution in [2.24, 2.45) is 5.73 Å². The largest absolute Gasteiger partial charge is 0.461 e. The molecule has 0 saturated heterocycles. The number of Topliss-reactive ketones (excluding diaryl/α,β-unsaturated/α-hetero) is 1. The summed E-state index contributed by atoms with van der Waals surface area (Å²) in [6, 6.07) is 2.91. The molecule has 1 rings (SSSR count). The number of carbonyl (C=O) groups excluding carboxylic acids is 1. The van der Waals surface area contributed by atoms with Gasteiger partial charge in [0, 0.05) is 0 Å². The van der Waals surface area contributed by atoms with E-state index in [-0.39, 0.29) is 5.78 Å². The zero-order valence-corrected chi connectivity index (χ0v) is 7.12. The highest BCUT2D eigenvalue weighted by molar-refractivity contribution is 5.97. The van der Waals surface area contributed by atoms with Crippen molar-refractivity contribution in [3.8, 4) is 0 Å². The molecule has 1 heterocycles. The lowest BCUT2D eigenvalue weighted by atomic mass is 10.1. The van der Waals surface area contributed by atoms with E-state index in [0.717, 1.165) is 6.42 Å². The lowest BCUT2D eigenvalue weighted by Gasteiger charge is -2.05. The van der Waals surface area contributed by atoms with Crippen LogP contribution < -0.4 is 5.73 Å². The van der Waals surface area contributed by atoms with Gasteiger partial charge in [-0.05, 0) is 18.6 Å². The van der Waals surface area contributed by atoms with Gasteiger partial charge < -0.3 is 10.2 Å². The quantitative estimate of drug-likeness (QED) is 0.693. The summed E-state index contributed by atoms with van der Waals surface area (Å²) in [5, 5.41) is 0. The van der Waals surface area contributed by atoms with Gasteiger partial charge in [-0.15, -0.1) is 0 Å². The van der Waals surface area contributed by atoms with Crippen LogP contribution in [0.5, 0.6) is 0 Å². The molecule has 0 aliphatic rings. The Morgan fingerprint density at radius 3 is 3.00 bits per heavy atom. The normalized spacial score (nSPS) is 12.8. The molecular formula is C9H13NO2. The van der Waals surface area contributed by atoms with Crippen LogP contribution in [0.15, 0.2) is 22.8 Å². The molecule has 12 heavy (non-hydrogen) atoms. The van der Waals surface area contributed by atoms with Crippen molar-refractivity contribution < 1.29 is 9.21 Å². The number of furan rings is 1. The zero-order chi connectivity index (χ0) is 8.97. The number of rotatable bonds is 4. The first-order chi connectivity index (χ1) is 5.75. The van der Waals surface area contributed by atoms with Crippen molar-refractivity contribution in [3.05, 3.63) is 24.2 Å². The summed E-state index contributed by atoms with van der Waals surface area (Å²) >= 11 is 0. The van der Waals surface area contributed by atoms with Crippen LogP contribution in [0.1, 0.15) is 30.3 Å². The summed E-state index contributed by atoms with van der Waals surface area (Å²) < 4.78 is 4.93. The van der Waals surface area contributed by atoms with Gasteiger partial charge in [0.2, 0.25) is 5.78 Å². The van der Waals surface area contributed by atoms with Crippen LogP contribution >= 0.6 is 0 Å². The summed E-state index contributed by atoms with van der Waals surface area (Å²) in [4.78, 5) is 11.4. The standard InChI is InChI=1S/C9H13NO2/c1-2-4-7(10)9(11)8-5-3-6-12-8/h3,5-7H,2,4,10H2,1H3. The maximum atomic E-state index is 11.4. The fourth-order valence-corrected chi connectivity index (χ4v) is 1.04. The van der Waals surface area contributed by atoms with Crippen molar-refractivity contribution in [3.63, 3.8) is 0 Å². The Kier molecular flexibility index (Phi) is 3.05. The Morgan fingerprint density at radius 2 is 2.50 bits per heavy atom. The third kappa shape index (κ3) is 1.95. The molecule has 3 nitrogen and oxygen atoms in total. The van der Waals surface area contributed by atoms with Crippen LogP contribution in [0.4, 0.5) is 0 Å². The smallest absolute Gasteiger partial charge is 0.214 e. The van der Waals surface area contributed by atoms with Gasteiger partial charge in [0.05, 0.1) is 12.3 Å². The minimum Gasteiger partial charge on any atom is -0.461 e. The highest BCUT2D eigenvalue weighted by atomic mass is 16.3. The van der Waals surface area contributed by atoms with E-state index in [1.54, 1.807) is 12.1 Å². The highest BCUT2D eigenvalue weighted by Gasteiger charge is 2.16. The molecule has 1 unspecified atom stereocenters. The Balaban J connectivity index is 2.59. The van der Waals surface area contributed by atoms with Crippen LogP contribution in [0.25, 0.3) is 0 Å². The minimum absolute atomic E-state index is 0.109. The Labute approximate surface area is 71.6 Å². The van der Waals surface area contributed by atoms with Crippen LogP contribution in [0.2, 0.25) is 0 Å². The van der Waals surface area contributed by atoms with Gasteiger partial charge in [0.15, 0.2) is 5.76 Å². The molecule has 1 aromatic rings. The lowest BCUT2D eigenvalue weighted by molar-refractivity contribution is 0.0929. The van der Waals surface area contributed by atoms with Gasteiger partial charge in [-0.1, -0.05) is 13.3 Å². The first-order valence-corrected chi connectivity index (χ1v) is 4.09. The predicted octanol–water partition coefficient (Wildman–Crippen LogP) is 1.59. The first kappa shape index (κ1) is 9.00. The molecule has 2 N–H and O–H groups in total. The Hall–Kier alpha value is -1.09. The van der Waals surface area contributed by atoms with Crippen LogP contribution in [0, 0.1) is 0 Å². The van der Waals surface area contributed by atoms with Crippen molar-refractivity contribution in [2.45, 2.75) is 25.8 Å². The molecule has 0 spiro atoms. The van der Waals surface area contributed by atoms with E-state index in [1.807, 2.05) is 6.92 Å². The second-order valence-electron chi connectivity index (χ2n) is 2.74. The van der Waals surface area contributed by atoms with Gasteiger partial charge in [0.1, 0.15) is 0 Å². The molecule has 0 aromatic carbocycles. The maximum Gasteiger partial charge on any atom is 0.214 e. The van der Waals surface area contributed by atoms with Crippen molar-refractivity contribution in [1.82, 2.24) is 0 Å². The van der Waals surface area contributed by atoms with Crippen LogP contribution in [-0.4, -0.2) is 11.8 Å². The summed E-state index contributed by atoms with van der Waals surface area (Å²) in [5.41, 5.74) is 5.61. The summed E-state index contributed by atoms with van der Waals surface area (Å²) in [7, 11) is 0. The van der Waals surface area contributed by atoms with E-state index in [9.17, 15) is 4.79 Å². The van der Waals surface area contributed by atoms with Crippen molar-refractivity contribution in [1.29, 1.82) is 0 Å². The maximum absolute atomic E-state index is 11.4. The molecule has 0 fully saturated rings. The molecule has 0 saturated carbocycles. The van der Waals surface area contributed by atoms with E-state index >= 15 is 0 Å². The molecule has 0 bridgehead atoms. The van der Waals surface area contributed by atoms with E-state index in [1.165, 1.54) is 6.26 Å². The van der Waals surface area contributed by atoms with Crippen LogP contribution in [0.3, 0.4) is 0 Å². The zero-order valence-electron chi connectivity index (χ0n) is 7.12. The van der Waals surface area contributed by atoms with E-state index < -0.39 is 6.04 Å². The number of carbonyl (C=O) groups is 1. The van der Waals surface area contributed by atoms with Gasteiger partial charge in [0.25, 0.3) is 0 Å². The molecule has 0 aliphatic heterocycles. The third-order valence-corrected chi connectivity index (χ3v) is 1.70. The van der Waals surface area contributed by atoms with Crippen molar-refractivity contribution in [2.75, 3.05) is 0 Å². The predicted molar refractivity (Wildman–Crippen MR) is 45.9 cm³/mol. The second kappa shape index (κ2) is 4.07. The molecule has 0 radical (unpaired) electrons. The summed E-state index contributed by atoms with van der Waals surface area (Å²) in [5.74, 6) is 0.248. The SMILES string of the molecule is CCCC(N)C(=O)c1ccco1. The molecule has 1 aromatic heterocycles. The topological polar surface area (TPSA) is 56.2 Å². The van der Waals surface area contributed by atoms with Crippen LogP contribution in [-0.2, 0) is 0 Å². The number of ketones is 1. The molecule has 3 heteroatoms. The average Bonchev–Trinajstić information content (AvgIpc) is 2.55. The number of hydrogen-bond acceptors (Lipinski definition) is 3. The Morgan fingerprint density at radius 1 is 1.75 bits per heavy atom. The lowest BCUT2D eigenvalue weighted by Crippen LogP contribution is -2.29.